The van der Waals surface area contributed by atoms with Crippen LogP contribution >= 0.6 is 0 Å². The van der Waals surface area contributed by atoms with Gasteiger partial charge in [-0.1, -0.05) is 26.2 Å². The van der Waals surface area contributed by atoms with Crippen LogP contribution in [0.15, 0.2) is 24.5 Å². The summed E-state index contributed by atoms with van der Waals surface area (Å²) in [7, 11) is 0. The highest BCUT2D eigenvalue weighted by atomic mass is 19.1. The number of pyridine rings is 1. The summed E-state index contributed by atoms with van der Waals surface area (Å²) >= 11 is 0. The molecule has 9 heteroatoms. The van der Waals surface area contributed by atoms with Gasteiger partial charge < -0.3 is 10.8 Å². The third-order valence-corrected chi connectivity index (χ3v) is 4.93. The SMILES string of the molecule is CCC(=O)N(CC)c1cc(-c2nc(N)ncc2F)ccn1.O=C(O)C1CCCCC1. The van der Waals surface area contributed by atoms with Crippen molar-refractivity contribution in [1.82, 2.24) is 15.0 Å². The average molecular weight is 417 g/mol. The van der Waals surface area contributed by atoms with Gasteiger partial charge in [-0.15, -0.1) is 0 Å². The van der Waals surface area contributed by atoms with E-state index in [1.54, 1.807) is 19.1 Å². The minimum atomic E-state index is -0.602. The summed E-state index contributed by atoms with van der Waals surface area (Å²) in [6.45, 7) is 4.11. The van der Waals surface area contributed by atoms with Gasteiger partial charge in [-0.05, 0) is 31.9 Å². The van der Waals surface area contributed by atoms with Crippen molar-refractivity contribution >= 4 is 23.6 Å². The maximum Gasteiger partial charge on any atom is 0.306 e. The summed E-state index contributed by atoms with van der Waals surface area (Å²) in [5.74, 6) is -0.815. The molecule has 30 heavy (non-hydrogen) atoms. The van der Waals surface area contributed by atoms with E-state index in [1.807, 2.05) is 6.92 Å². The van der Waals surface area contributed by atoms with Crippen LogP contribution in [0.3, 0.4) is 0 Å². The van der Waals surface area contributed by atoms with Crippen molar-refractivity contribution in [1.29, 1.82) is 0 Å². The zero-order valence-corrected chi connectivity index (χ0v) is 17.3. The molecule has 0 saturated heterocycles. The lowest BCUT2D eigenvalue weighted by atomic mass is 9.90. The number of hydrogen-bond acceptors (Lipinski definition) is 6. The van der Waals surface area contributed by atoms with E-state index in [4.69, 9.17) is 10.8 Å². The van der Waals surface area contributed by atoms with Crippen LogP contribution in [0.1, 0.15) is 52.4 Å². The van der Waals surface area contributed by atoms with Gasteiger partial charge in [0.05, 0.1) is 12.1 Å². The smallest absolute Gasteiger partial charge is 0.306 e. The second-order valence-corrected chi connectivity index (χ2v) is 6.99. The van der Waals surface area contributed by atoms with E-state index in [9.17, 15) is 14.0 Å². The highest BCUT2D eigenvalue weighted by Gasteiger charge is 2.19. The van der Waals surface area contributed by atoms with Gasteiger partial charge in [0.15, 0.2) is 5.82 Å². The molecule has 0 spiro atoms. The van der Waals surface area contributed by atoms with Crippen LogP contribution in [-0.4, -0.2) is 38.5 Å². The van der Waals surface area contributed by atoms with Crippen molar-refractivity contribution in [2.75, 3.05) is 17.2 Å². The second kappa shape index (κ2) is 11.2. The number of nitrogens with two attached hydrogens (primary N) is 1. The molecule has 2 aromatic rings. The number of aliphatic carboxylic acids is 1. The van der Waals surface area contributed by atoms with Gasteiger partial charge in [-0.25, -0.2) is 19.3 Å². The molecule has 0 radical (unpaired) electrons. The van der Waals surface area contributed by atoms with E-state index >= 15 is 0 Å². The Labute approximate surface area is 175 Å². The van der Waals surface area contributed by atoms with Gasteiger partial charge in [0.25, 0.3) is 0 Å². The van der Waals surface area contributed by atoms with Crippen molar-refractivity contribution in [3.05, 3.63) is 30.3 Å². The normalized spacial score (nSPS) is 13.8. The van der Waals surface area contributed by atoms with Crippen LogP contribution in [0.5, 0.6) is 0 Å². The highest BCUT2D eigenvalue weighted by molar-refractivity contribution is 5.92. The first kappa shape index (κ1) is 23.2. The van der Waals surface area contributed by atoms with Crippen molar-refractivity contribution in [3.8, 4) is 11.3 Å². The summed E-state index contributed by atoms with van der Waals surface area (Å²) in [4.78, 5) is 35.4. The number of hydrogen-bond donors (Lipinski definition) is 2. The topological polar surface area (TPSA) is 122 Å². The molecule has 3 N–H and O–H groups in total. The molecule has 0 unspecified atom stereocenters. The molecule has 0 aliphatic heterocycles. The van der Waals surface area contributed by atoms with Crippen LogP contribution in [0, 0.1) is 11.7 Å². The van der Waals surface area contributed by atoms with Crippen LogP contribution in [0.25, 0.3) is 11.3 Å². The van der Waals surface area contributed by atoms with E-state index in [1.165, 1.54) is 17.5 Å². The van der Waals surface area contributed by atoms with Gasteiger partial charge >= 0.3 is 5.97 Å². The Morgan fingerprint density at radius 1 is 1.23 bits per heavy atom. The molecule has 2 heterocycles. The maximum atomic E-state index is 13.8. The lowest BCUT2D eigenvalue weighted by Crippen LogP contribution is -2.30. The van der Waals surface area contributed by atoms with E-state index in [2.05, 4.69) is 15.0 Å². The fourth-order valence-corrected chi connectivity index (χ4v) is 3.30. The number of carbonyl (C=O) groups is 2. The van der Waals surface area contributed by atoms with Gasteiger partial charge in [-0.3, -0.25) is 14.5 Å². The van der Waals surface area contributed by atoms with Gasteiger partial charge in [-0.2, -0.15) is 0 Å². The number of carboxylic acids is 1. The Bertz CT molecular complexity index is 871. The molecule has 1 aliphatic rings. The first-order valence-corrected chi connectivity index (χ1v) is 10.1. The lowest BCUT2D eigenvalue weighted by Gasteiger charge is -2.19. The second-order valence-electron chi connectivity index (χ2n) is 6.99. The first-order valence-electron chi connectivity index (χ1n) is 10.1. The number of carbonyl (C=O) groups excluding carboxylic acids is 1. The maximum absolute atomic E-state index is 13.8. The zero-order valence-electron chi connectivity index (χ0n) is 17.3. The third-order valence-electron chi connectivity index (χ3n) is 4.93. The Hall–Kier alpha value is -3.10. The number of rotatable bonds is 5. The molecule has 8 nitrogen and oxygen atoms in total. The summed E-state index contributed by atoms with van der Waals surface area (Å²) < 4.78 is 13.8. The van der Waals surface area contributed by atoms with Crippen molar-refractivity contribution in [2.45, 2.75) is 52.4 Å². The number of anilines is 2. The van der Waals surface area contributed by atoms with E-state index in [0.29, 0.717) is 24.3 Å². The zero-order chi connectivity index (χ0) is 22.1. The Morgan fingerprint density at radius 2 is 1.93 bits per heavy atom. The van der Waals surface area contributed by atoms with Crippen LogP contribution in [0.2, 0.25) is 0 Å². The summed E-state index contributed by atoms with van der Waals surface area (Å²) in [6, 6.07) is 3.22. The Balaban J connectivity index is 0.000000297. The standard InChI is InChI=1S/C14H16FN5O.C7H12O2/c1-3-12(21)20(4-2)11-7-9(5-6-17-11)13-10(15)8-18-14(16)19-13;8-7(9)6-4-2-1-3-5-6/h5-8H,3-4H2,1-2H3,(H2,16,18,19);6H,1-5H2,(H,8,9). The van der Waals surface area contributed by atoms with Crippen molar-refractivity contribution < 1.29 is 19.1 Å². The molecular formula is C21H28FN5O3. The molecule has 1 aliphatic carbocycles. The van der Waals surface area contributed by atoms with Crippen LogP contribution < -0.4 is 10.6 Å². The molecule has 1 fully saturated rings. The molecular weight excluding hydrogens is 389 g/mol. The van der Waals surface area contributed by atoms with Gasteiger partial charge in [0.2, 0.25) is 11.9 Å². The molecule has 3 rings (SSSR count). The predicted molar refractivity (Wildman–Crippen MR) is 112 cm³/mol. The number of nitrogens with zero attached hydrogens (tertiary/aromatic N) is 4. The fourth-order valence-electron chi connectivity index (χ4n) is 3.30. The molecule has 2 aromatic heterocycles. The lowest BCUT2D eigenvalue weighted by molar-refractivity contribution is -0.142. The minimum Gasteiger partial charge on any atom is -0.481 e. The first-order chi connectivity index (χ1) is 14.4. The molecule has 162 valence electrons. The molecule has 0 aromatic carbocycles. The van der Waals surface area contributed by atoms with E-state index in [0.717, 1.165) is 31.9 Å². The number of halogens is 1. The molecule has 0 bridgehead atoms. The van der Waals surface area contributed by atoms with Crippen LogP contribution in [-0.2, 0) is 9.59 Å². The predicted octanol–water partition coefficient (Wildman–Crippen LogP) is 3.67. The van der Waals surface area contributed by atoms with Crippen LogP contribution in [0.4, 0.5) is 16.2 Å². The number of carboxylic acid groups (broad SMARTS) is 1. The largest absolute Gasteiger partial charge is 0.481 e. The number of nitrogen functional groups attached to an aromatic ring is 1. The summed E-state index contributed by atoms with van der Waals surface area (Å²) in [5.41, 5.74) is 6.07. The quantitative estimate of drug-likeness (QED) is 0.761. The van der Waals surface area contributed by atoms with E-state index < -0.39 is 11.8 Å². The fraction of sp³-hybridized carbons (Fsp3) is 0.476. The Morgan fingerprint density at radius 3 is 2.50 bits per heavy atom. The number of amides is 1. The molecule has 0 atom stereocenters. The number of aromatic nitrogens is 3. The third kappa shape index (κ3) is 6.20. The molecule has 1 saturated carbocycles. The Kier molecular flexibility index (Phi) is 8.64. The highest BCUT2D eigenvalue weighted by Crippen LogP contribution is 2.24. The monoisotopic (exact) mass is 417 g/mol. The molecule has 1 amide bonds. The summed E-state index contributed by atoms with van der Waals surface area (Å²) in [5, 5.41) is 8.54. The van der Waals surface area contributed by atoms with Crippen molar-refractivity contribution in [2.24, 2.45) is 5.92 Å². The average Bonchev–Trinajstić information content (AvgIpc) is 2.77. The van der Waals surface area contributed by atoms with E-state index in [-0.39, 0.29) is 23.5 Å². The minimum absolute atomic E-state index is 0.0123. The van der Waals surface area contributed by atoms with Crippen molar-refractivity contribution in [3.63, 3.8) is 0 Å². The summed E-state index contributed by atoms with van der Waals surface area (Å²) in [6.07, 6.45) is 8.14. The van der Waals surface area contributed by atoms with Gasteiger partial charge in [0.1, 0.15) is 11.5 Å². The van der Waals surface area contributed by atoms with Gasteiger partial charge in [0, 0.05) is 24.7 Å².